The summed E-state index contributed by atoms with van der Waals surface area (Å²) >= 11 is 0. The first kappa shape index (κ1) is 21.4. The number of halogens is 3. The molecule has 1 aromatic rings. The second-order valence-electron chi connectivity index (χ2n) is 7.53. The van der Waals surface area contributed by atoms with E-state index in [1.807, 2.05) is 11.8 Å². The Hall–Kier alpha value is -2.30. The molecule has 2 aliphatic rings. The fraction of sp³-hybridized carbons (Fsp3) is 0.722. The van der Waals surface area contributed by atoms with Crippen LogP contribution in [0.25, 0.3) is 0 Å². The lowest BCUT2D eigenvalue weighted by Gasteiger charge is -2.40. The molecule has 0 spiro atoms. The number of nitrogens with zero attached hydrogens (tertiary/aromatic N) is 4. The lowest BCUT2D eigenvalue weighted by Crippen LogP contribution is -2.54. The molecule has 1 fully saturated rings. The molecule has 162 valence electrons. The minimum absolute atomic E-state index is 0.0833. The maximum Gasteiger partial charge on any atom is 0.408 e. The van der Waals surface area contributed by atoms with Gasteiger partial charge in [0.25, 0.3) is 5.56 Å². The highest BCUT2D eigenvalue weighted by molar-refractivity contribution is 5.75. The topological polar surface area (TPSA) is 76.9 Å². The van der Waals surface area contributed by atoms with Gasteiger partial charge >= 0.3 is 12.1 Å². The molecule has 1 aromatic heterocycles. The molecule has 3 heterocycles. The standard InChI is InChI=1S/C18H25F3N4O4/c1-11(2)29-16(27)9-25-13(18(19,20)21)4-5-24-15(26)8-14(22-17(24)25)23-6-7-28-10-12(23)3/h8,11-13H,4-7,9-10H2,1-3H3/t12-,13+/m1/s1. The summed E-state index contributed by atoms with van der Waals surface area (Å²) in [5.41, 5.74) is -0.452. The van der Waals surface area contributed by atoms with E-state index in [4.69, 9.17) is 9.47 Å². The van der Waals surface area contributed by atoms with Gasteiger partial charge in [-0.15, -0.1) is 0 Å². The lowest BCUT2D eigenvalue weighted by atomic mass is 10.1. The number of rotatable bonds is 4. The van der Waals surface area contributed by atoms with Gasteiger partial charge in [0, 0.05) is 19.2 Å². The molecule has 1 saturated heterocycles. The third-order valence-corrected chi connectivity index (χ3v) is 4.94. The second-order valence-corrected chi connectivity index (χ2v) is 7.53. The molecule has 0 bridgehead atoms. The first-order valence-electron chi connectivity index (χ1n) is 9.57. The molecule has 3 rings (SSSR count). The van der Waals surface area contributed by atoms with E-state index in [0.717, 1.165) is 4.90 Å². The van der Waals surface area contributed by atoms with Crippen molar-refractivity contribution in [2.45, 2.75) is 58.1 Å². The zero-order valence-electron chi connectivity index (χ0n) is 16.6. The van der Waals surface area contributed by atoms with Gasteiger partial charge in [-0.2, -0.15) is 18.2 Å². The molecule has 11 heteroatoms. The summed E-state index contributed by atoms with van der Waals surface area (Å²) in [6, 6.07) is -0.685. The van der Waals surface area contributed by atoms with Crippen molar-refractivity contribution in [3.63, 3.8) is 0 Å². The molecule has 2 aliphatic heterocycles. The number of hydrogen-bond acceptors (Lipinski definition) is 7. The highest BCUT2D eigenvalue weighted by Crippen LogP contribution is 2.34. The Morgan fingerprint density at radius 3 is 2.72 bits per heavy atom. The average molecular weight is 418 g/mol. The van der Waals surface area contributed by atoms with Gasteiger partial charge in [-0.1, -0.05) is 0 Å². The van der Waals surface area contributed by atoms with Crippen molar-refractivity contribution >= 4 is 17.7 Å². The lowest BCUT2D eigenvalue weighted by molar-refractivity contribution is -0.156. The molecule has 0 saturated carbocycles. The molecule has 0 aliphatic carbocycles. The Morgan fingerprint density at radius 1 is 1.38 bits per heavy atom. The van der Waals surface area contributed by atoms with E-state index in [1.165, 1.54) is 10.6 Å². The van der Waals surface area contributed by atoms with Crippen LogP contribution in [-0.4, -0.2) is 66.2 Å². The van der Waals surface area contributed by atoms with Crippen LogP contribution in [0.5, 0.6) is 0 Å². The molecular weight excluding hydrogens is 393 g/mol. The summed E-state index contributed by atoms with van der Waals surface area (Å²) in [4.78, 5) is 31.8. The summed E-state index contributed by atoms with van der Waals surface area (Å²) in [5, 5.41) is 0. The Kier molecular flexibility index (Phi) is 6.06. The number of ether oxygens (including phenoxy) is 2. The third-order valence-electron chi connectivity index (χ3n) is 4.94. The van der Waals surface area contributed by atoms with Crippen LogP contribution in [-0.2, 0) is 20.8 Å². The van der Waals surface area contributed by atoms with E-state index in [1.54, 1.807) is 13.8 Å². The number of alkyl halides is 3. The summed E-state index contributed by atoms with van der Waals surface area (Å²) in [5.74, 6) is -0.690. The molecule has 29 heavy (non-hydrogen) atoms. The summed E-state index contributed by atoms with van der Waals surface area (Å²) in [6.45, 7) is 5.67. The van der Waals surface area contributed by atoms with Crippen LogP contribution in [0.4, 0.5) is 24.9 Å². The second kappa shape index (κ2) is 8.21. The number of fused-ring (bicyclic) bond motifs is 1. The summed E-state index contributed by atoms with van der Waals surface area (Å²) in [6.07, 6.45) is -5.39. The first-order chi connectivity index (χ1) is 13.6. The van der Waals surface area contributed by atoms with Crippen molar-refractivity contribution in [3.05, 3.63) is 16.4 Å². The molecule has 2 atom stereocenters. The fourth-order valence-electron chi connectivity index (χ4n) is 3.63. The number of hydrogen-bond donors (Lipinski definition) is 0. The third kappa shape index (κ3) is 4.65. The van der Waals surface area contributed by atoms with Gasteiger partial charge in [0.1, 0.15) is 18.4 Å². The van der Waals surface area contributed by atoms with Crippen LogP contribution >= 0.6 is 0 Å². The summed E-state index contributed by atoms with van der Waals surface area (Å²) in [7, 11) is 0. The van der Waals surface area contributed by atoms with Gasteiger partial charge in [-0.3, -0.25) is 14.2 Å². The Morgan fingerprint density at radius 2 is 2.10 bits per heavy atom. The normalized spacial score (nSPS) is 22.6. The largest absolute Gasteiger partial charge is 0.462 e. The molecule has 8 nitrogen and oxygen atoms in total. The highest BCUT2D eigenvalue weighted by atomic mass is 19.4. The fourth-order valence-corrected chi connectivity index (χ4v) is 3.63. The molecular formula is C18H25F3N4O4. The maximum absolute atomic E-state index is 13.7. The SMILES string of the molecule is CC(C)OC(=O)CN1c2nc(N3CCOC[C@H]3C)cc(=O)n2CC[C@H]1C(F)(F)F. The van der Waals surface area contributed by atoms with Gasteiger partial charge in [0.2, 0.25) is 5.95 Å². The number of carbonyl (C=O) groups excluding carboxylic acids is 1. The van der Waals surface area contributed by atoms with Crippen LogP contribution in [0.1, 0.15) is 27.2 Å². The predicted molar refractivity (Wildman–Crippen MR) is 99.2 cm³/mol. The molecule has 0 amide bonds. The van der Waals surface area contributed by atoms with E-state index in [2.05, 4.69) is 4.98 Å². The Balaban J connectivity index is 2.02. The highest BCUT2D eigenvalue weighted by Gasteiger charge is 2.47. The Labute approximate surface area is 166 Å². The van der Waals surface area contributed by atoms with Gasteiger partial charge in [-0.25, -0.2) is 0 Å². The van der Waals surface area contributed by atoms with Crippen molar-refractivity contribution in [2.75, 3.05) is 36.1 Å². The Bertz CT molecular complexity index is 811. The van der Waals surface area contributed by atoms with Crippen LogP contribution in [0.15, 0.2) is 10.9 Å². The zero-order valence-corrected chi connectivity index (χ0v) is 16.6. The van der Waals surface area contributed by atoms with Gasteiger partial charge < -0.3 is 19.3 Å². The van der Waals surface area contributed by atoms with E-state index < -0.39 is 36.4 Å². The number of anilines is 2. The quantitative estimate of drug-likeness (QED) is 0.687. The molecule has 0 N–H and O–H groups in total. The van der Waals surface area contributed by atoms with Gasteiger partial charge in [0.15, 0.2) is 0 Å². The van der Waals surface area contributed by atoms with Crippen molar-refractivity contribution in [3.8, 4) is 0 Å². The number of esters is 1. The molecule has 0 aromatic carbocycles. The van der Waals surface area contributed by atoms with Gasteiger partial charge in [0.05, 0.1) is 25.4 Å². The number of aromatic nitrogens is 2. The minimum atomic E-state index is -4.58. The molecule has 0 unspecified atom stereocenters. The predicted octanol–water partition coefficient (Wildman–Crippen LogP) is 1.56. The minimum Gasteiger partial charge on any atom is -0.462 e. The van der Waals surface area contributed by atoms with Crippen molar-refractivity contribution in [1.82, 2.24) is 9.55 Å². The molecule has 0 radical (unpaired) electrons. The van der Waals surface area contributed by atoms with Crippen LogP contribution in [0.3, 0.4) is 0 Å². The van der Waals surface area contributed by atoms with E-state index >= 15 is 0 Å². The van der Waals surface area contributed by atoms with Gasteiger partial charge in [-0.05, 0) is 27.2 Å². The van der Waals surface area contributed by atoms with Crippen LogP contribution < -0.4 is 15.4 Å². The van der Waals surface area contributed by atoms with Crippen LogP contribution in [0, 0.1) is 0 Å². The number of morpholine rings is 1. The zero-order chi connectivity index (χ0) is 21.3. The maximum atomic E-state index is 13.7. The van der Waals surface area contributed by atoms with Crippen molar-refractivity contribution in [1.29, 1.82) is 0 Å². The average Bonchev–Trinajstić information content (AvgIpc) is 2.60. The number of carbonyl (C=O) groups is 1. The van der Waals surface area contributed by atoms with E-state index in [9.17, 15) is 22.8 Å². The van der Waals surface area contributed by atoms with Crippen molar-refractivity contribution < 1.29 is 27.4 Å². The van der Waals surface area contributed by atoms with Crippen LogP contribution in [0.2, 0.25) is 0 Å². The first-order valence-corrected chi connectivity index (χ1v) is 9.57. The van der Waals surface area contributed by atoms with E-state index in [0.29, 0.717) is 19.8 Å². The van der Waals surface area contributed by atoms with Crippen molar-refractivity contribution in [2.24, 2.45) is 0 Å². The van der Waals surface area contributed by atoms with E-state index in [-0.39, 0.29) is 30.8 Å². The summed E-state index contributed by atoms with van der Waals surface area (Å²) < 4.78 is 52.6. The smallest absolute Gasteiger partial charge is 0.408 e. The monoisotopic (exact) mass is 418 g/mol.